The molecule has 4 heteroatoms. The molecule has 0 aliphatic carbocycles. The van der Waals surface area contributed by atoms with E-state index in [1.165, 1.54) is 0 Å². The van der Waals surface area contributed by atoms with Crippen molar-refractivity contribution in [1.29, 1.82) is 0 Å². The fraction of sp³-hybridized carbons (Fsp3) is 0.250. The van der Waals surface area contributed by atoms with Crippen molar-refractivity contribution in [2.75, 3.05) is 5.73 Å². The van der Waals surface area contributed by atoms with Gasteiger partial charge in [0.15, 0.2) is 0 Å². The van der Waals surface area contributed by atoms with E-state index in [0.29, 0.717) is 5.82 Å². The number of benzene rings is 1. The normalized spacial score (nSPS) is 12.6. The standard InChI is InChI=1S/C12H15N3O/c1-9(10-2-4-11(13)5-3-10)15-7-6-14-12(15)8-16/h2-7,9,16H,8,13H2,1H3/t9-/m0/s1. The maximum atomic E-state index is 9.14. The van der Waals surface area contributed by atoms with Gasteiger partial charge in [-0.15, -0.1) is 0 Å². The van der Waals surface area contributed by atoms with Crippen LogP contribution in [0.5, 0.6) is 0 Å². The minimum absolute atomic E-state index is 0.0493. The first-order valence-electron chi connectivity index (χ1n) is 5.20. The molecule has 2 rings (SSSR count). The smallest absolute Gasteiger partial charge is 0.135 e. The molecular formula is C12H15N3O. The molecular weight excluding hydrogens is 202 g/mol. The number of hydrogen-bond acceptors (Lipinski definition) is 3. The van der Waals surface area contributed by atoms with Crippen molar-refractivity contribution in [2.45, 2.75) is 19.6 Å². The molecule has 1 atom stereocenters. The van der Waals surface area contributed by atoms with Crippen molar-refractivity contribution in [3.05, 3.63) is 48.0 Å². The average molecular weight is 217 g/mol. The summed E-state index contributed by atoms with van der Waals surface area (Å²) >= 11 is 0. The van der Waals surface area contributed by atoms with Crippen molar-refractivity contribution < 1.29 is 5.11 Å². The second-order valence-corrected chi connectivity index (χ2v) is 3.75. The first-order valence-corrected chi connectivity index (χ1v) is 5.20. The van der Waals surface area contributed by atoms with Crippen molar-refractivity contribution in [3.8, 4) is 0 Å². The molecule has 3 N–H and O–H groups in total. The molecule has 0 unspecified atom stereocenters. The highest BCUT2D eigenvalue weighted by atomic mass is 16.3. The van der Waals surface area contributed by atoms with E-state index in [9.17, 15) is 0 Å². The van der Waals surface area contributed by atoms with Crippen LogP contribution in [0.3, 0.4) is 0 Å². The maximum Gasteiger partial charge on any atom is 0.135 e. The van der Waals surface area contributed by atoms with Crippen LogP contribution in [0, 0.1) is 0 Å². The van der Waals surface area contributed by atoms with Gasteiger partial charge in [0.05, 0.1) is 6.04 Å². The lowest BCUT2D eigenvalue weighted by molar-refractivity contribution is 0.263. The first kappa shape index (κ1) is 10.7. The molecule has 1 aromatic heterocycles. The highest BCUT2D eigenvalue weighted by molar-refractivity contribution is 5.40. The predicted molar refractivity (Wildman–Crippen MR) is 62.8 cm³/mol. The lowest BCUT2D eigenvalue weighted by atomic mass is 10.1. The molecule has 0 aliphatic heterocycles. The van der Waals surface area contributed by atoms with Crippen LogP contribution in [0.25, 0.3) is 0 Å². The van der Waals surface area contributed by atoms with Crippen molar-refractivity contribution in [2.24, 2.45) is 0 Å². The summed E-state index contributed by atoms with van der Waals surface area (Å²) in [6, 6.07) is 7.87. The van der Waals surface area contributed by atoms with Gasteiger partial charge in [-0.05, 0) is 24.6 Å². The van der Waals surface area contributed by atoms with Gasteiger partial charge in [-0.3, -0.25) is 0 Å². The fourth-order valence-corrected chi connectivity index (χ4v) is 1.75. The topological polar surface area (TPSA) is 64.1 Å². The second kappa shape index (κ2) is 4.37. The van der Waals surface area contributed by atoms with Gasteiger partial charge in [-0.25, -0.2) is 4.98 Å². The zero-order valence-corrected chi connectivity index (χ0v) is 9.17. The number of rotatable bonds is 3. The highest BCUT2D eigenvalue weighted by Gasteiger charge is 2.10. The van der Waals surface area contributed by atoms with E-state index in [1.54, 1.807) is 6.20 Å². The van der Waals surface area contributed by atoms with Gasteiger partial charge in [-0.1, -0.05) is 12.1 Å². The molecule has 0 amide bonds. The third-order valence-corrected chi connectivity index (χ3v) is 2.73. The molecule has 0 fully saturated rings. The SMILES string of the molecule is C[C@@H](c1ccc(N)cc1)n1ccnc1CO. The van der Waals surface area contributed by atoms with E-state index in [1.807, 2.05) is 35.0 Å². The Morgan fingerprint density at radius 1 is 1.38 bits per heavy atom. The van der Waals surface area contributed by atoms with E-state index in [0.717, 1.165) is 11.3 Å². The Kier molecular flexibility index (Phi) is 2.92. The summed E-state index contributed by atoms with van der Waals surface area (Å²) in [7, 11) is 0. The number of imidazole rings is 1. The lowest BCUT2D eigenvalue weighted by Crippen LogP contribution is -2.09. The van der Waals surface area contributed by atoms with Gasteiger partial charge in [0.1, 0.15) is 12.4 Å². The van der Waals surface area contributed by atoms with Crippen LogP contribution in [-0.4, -0.2) is 14.7 Å². The molecule has 0 spiro atoms. The third kappa shape index (κ3) is 1.92. The highest BCUT2D eigenvalue weighted by Crippen LogP contribution is 2.20. The second-order valence-electron chi connectivity index (χ2n) is 3.75. The van der Waals surface area contributed by atoms with Crippen LogP contribution < -0.4 is 5.73 Å². The number of nitrogens with zero attached hydrogens (tertiary/aromatic N) is 2. The van der Waals surface area contributed by atoms with Gasteiger partial charge < -0.3 is 15.4 Å². The van der Waals surface area contributed by atoms with Gasteiger partial charge in [-0.2, -0.15) is 0 Å². The van der Waals surface area contributed by atoms with Crippen molar-refractivity contribution in [3.63, 3.8) is 0 Å². The van der Waals surface area contributed by atoms with E-state index in [2.05, 4.69) is 11.9 Å². The summed E-state index contributed by atoms with van der Waals surface area (Å²) in [5.74, 6) is 0.671. The van der Waals surface area contributed by atoms with Crippen LogP contribution >= 0.6 is 0 Å². The van der Waals surface area contributed by atoms with Crippen molar-refractivity contribution in [1.82, 2.24) is 9.55 Å². The number of aliphatic hydroxyl groups excluding tert-OH is 1. The number of nitrogen functional groups attached to an aromatic ring is 1. The molecule has 84 valence electrons. The number of aliphatic hydroxyl groups is 1. The van der Waals surface area contributed by atoms with E-state index in [4.69, 9.17) is 10.8 Å². The van der Waals surface area contributed by atoms with Crippen LogP contribution in [0.2, 0.25) is 0 Å². The number of anilines is 1. The van der Waals surface area contributed by atoms with E-state index >= 15 is 0 Å². The molecule has 0 aliphatic rings. The van der Waals surface area contributed by atoms with Crippen molar-refractivity contribution >= 4 is 5.69 Å². The Hall–Kier alpha value is -1.81. The van der Waals surface area contributed by atoms with E-state index in [-0.39, 0.29) is 12.6 Å². The number of aromatic nitrogens is 2. The molecule has 4 nitrogen and oxygen atoms in total. The van der Waals surface area contributed by atoms with Gasteiger partial charge in [0, 0.05) is 18.1 Å². The molecule has 0 radical (unpaired) electrons. The molecule has 2 aromatic rings. The minimum Gasteiger partial charge on any atom is -0.399 e. The van der Waals surface area contributed by atoms with E-state index < -0.39 is 0 Å². The number of nitrogens with two attached hydrogens (primary N) is 1. The van der Waals surface area contributed by atoms with Crippen LogP contribution in [-0.2, 0) is 6.61 Å². The summed E-state index contributed by atoms with van der Waals surface area (Å²) in [5, 5.41) is 9.14. The summed E-state index contributed by atoms with van der Waals surface area (Å²) in [6.45, 7) is 2.01. The summed E-state index contributed by atoms with van der Waals surface area (Å²) in [4.78, 5) is 4.09. The Balaban J connectivity index is 2.31. The minimum atomic E-state index is -0.0493. The van der Waals surface area contributed by atoms with Crippen LogP contribution in [0.4, 0.5) is 5.69 Å². The summed E-state index contributed by atoms with van der Waals surface area (Å²) < 4.78 is 1.95. The largest absolute Gasteiger partial charge is 0.399 e. The predicted octanol–water partition coefficient (Wildman–Crippen LogP) is 1.57. The van der Waals surface area contributed by atoms with Gasteiger partial charge >= 0.3 is 0 Å². The lowest BCUT2D eigenvalue weighted by Gasteiger charge is -2.16. The maximum absolute atomic E-state index is 9.14. The quantitative estimate of drug-likeness (QED) is 0.767. The average Bonchev–Trinajstić information content (AvgIpc) is 2.77. The fourth-order valence-electron chi connectivity index (χ4n) is 1.75. The molecule has 1 aromatic carbocycles. The van der Waals surface area contributed by atoms with Crippen LogP contribution in [0.15, 0.2) is 36.7 Å². The zero-order valence-electron chi connectivity index (χ0n) is 9.17. The Morgan fingerprint density at radius 3 is 2.69 bits per heavy atom. The molecule has 0 bridgehead atoms. The zero-order chi connectivity index (χ0) is 11.5. The number of hydrogen-bond donors (Lipinski definition) is 2. The molecule has 0 saturated heterocycles. The first-order chi connectivity index (χ1) is 7.72. The molecule has 0 saturated carbocycles. The Labute approximate surface area is 94.4 Å². The third-order valence-electron chi connectivity index (χ3n) is 2.73. The van der Waals surface area contributed by atoms with Gasteiger partial charge in [0.25, 0.3) is 0 Å². The van der Waals surface area contributed by atoms with Crippen LogP contribution in [0.1, 0.15) is 24.4 Å². The summed E-state index contributed by atoms with van der Waals surface area (Å²) in [6.07, 6.45) is 3.56. The van der Waals surface area contributed by atoms with Gasteiger partial charge in [0.2, 0.25) is 0 Å². The monoisotopic (exact) mass is 217 g/mol. The molecule has 1 heterocycles. The Morgan fingerprint density at radius 2 is 2.06 bits per heavy atom. The molecule has 16 heavy (non-hydrogen) atoms. The Bertz CT molecular complexity index is 461. The summed E-state index contributed by atoms with van der Waals surface area (Å²) in [5.41, 5.74) is 7.54.